The fourth-order valence-corrected chi connectivity index (χ4v) is 1.43. The molecule has 0 unspecified atom stereocenters. The average Bonchev–Trinajstić information content (AvgIpc) is 2.52. The number of hydrogen-bond donors (Lipinski definition) is 2. The summed E-state index contributed by atoms with van der Waals surface area (Å²) < 4.78 is 6.56. The average molecular weight is 204 g/mol. The van der Waals surface area contributed by atoms with E-state index in [1.807, 2.05) is 4.57 Å². The van der Waals surface area contributed by atoms with Crippen molar-refractivity contribution < 1.29 is 14.7 Å². The lowest BCUT2D eigenvalue weighted by atomic mass is 10.3. The van der Waals surface area contributed by atoms with Gasteiger partial charge in [0.05, 0.1) is 6.20 Å². The third-order valence-corrected chi connectivity index (χ3v) is 1.91. The van der Waals surface area contributed by atoms with Gasteiger partial charge in [-0.2, -0.15) is 0 Å². The molecule has 0 saturated carbocycles. The SMILES string of the molecule is Cl.OB(O)Oc1cnc2n1CCC2. The molecule has 1 aliphatic rings. The zero-order chi connectivity index (χ0) is 8.55. The largest absolute Gasteiger partial charge is 0.708 e. The Balaban J connectivity index is 0.000000845. The van der Waals surface area contributed by atoms with Crippen LogP contribution in [-0.4, -0.2) is 26.9 Å². The minimum absolute atomic E-state index is 0. The molecule has 0 aliphatic carbocycles. The second-order valence-electron chi connectivity index (χ2n) is 2.71. The van der Waals surface area contributed by atoms with Gasteiger partial charge in [-0.15, -0.1) is 12.4 Å². The number of imidazole rings is 1. The molecule has 0 aromatic carbocycles. The smallest absolute Gasteiger partial charge is 0.498 e. The van der Waals surface area contributed by atoms with Crippen molar-refractivity contribution in [1.82, 2.24) is 9.55 Å². The van der Waals surface area contributed by atoms with Gasteiger partial charge in [0.25, 0.3) is 0 Å². The summed E-state index contributed by atoms with van der Waals surface area (Å²) in [5, 5.41) is 17.1. The molecule has 0 spiro atoms. The maximum absolute atomic E-state index is 8.55. The molecule has 2 N–H and O–H groups in total. The molecule has 7 heteroatoms. The fraction of sp³-hybridized carbons (Fsp3) is 0.500. The topological polar surface area (TPSA) is 67.5 Å². The molecule has 0 atom stereocenters. The molecule has 1 aromatic heterocycles. The van der Waals surface area contributed by atoms with Gasteiger partial charge in [0, 0.05) is 13.0 Å². The molecule has 1 aromatic rings. The molecule has 0 amide bonds. The first kappa shape index (κ1) is 10.4. The summed E-state index contributed by atoms with van der Waals surface area (Å²) in [6.45, 7) is 0.845. The highest BCUT2D eigenvalue weighted by molar-refractivity contribution is 6.33. The van der Waals surface area contributed by atoms with Crippen LogP contribution in [-0.2, 0) is 13.0 Å². The molecular weight excluding hydrogens is 194 g/mol. The zero-order valence-corrected chi connectivity index (χ0v) is 7.70. The van der Waals surface area contributed by atoms with E-state index in [4.69, 9.17) is 14.7 Å². The van der Waals surface area contributed by atoms with E-state index in [0.29, 0.717) is 5.88 Å². The Kier molecular flexibility index (Phi) is 3.19. The van der Waals surface area contributed by atoms with E-state index in [1.165, 1.54) is 6.20 Å². The van der Waals surface area contributed by atoms with Crippen molar-refractivity contribution in [3.8, 4) is 5.88 Å². The third kappa shape index (κ3) is 1.96. The van der Waals surface area contributed by atoms with Gasteiger partial charge in [-0.3, -0.25) is 0 Å². The summed E-state index contributed by atoms with van der Waals surface area (Å²) >= 11 is 0. The third-order valence-electron chi connectivity index (χ3n) is 1.91. The number of fused-ring (bicyclic) bond motifs is 1. The maximum atomic E-state index is 8.55. The highest BCUT2D eigenvalue weighted by Crippen LogP contribution is 2.21. The Bertz CT molecular complexity index is 291. The van der Waals surface area contributed by atoms with Crippen LogP contribution in [0.2, 0.25) is 0 Å². The number of aryl methyl sites for hydroxylation is 1. The van der Waals surface area contributed by atoms with Gasteiger partial charge in [0.2, 0.25) is 0 Å². The van der Waals surface area contributed by atoms with Crippen LogP contribution < -0.4 is 4.65 Å². The lowest BCUT2D eigenvalue weighted by molar-refractivity contribution is 0.277. The second kappa shape index (κ2) is 4.00. The van der Waals surface area contributed by atoms with Gasteiger partial charge < -0.3 is 19.3 Å². The normalized spacial score (nSPS) is 13.4. The van der Waals surface area contributed by atoms with Crippen LogP contribution in [0, 0.1) is 0 Å². The van der Waals surface area contributed by atoms with Crippen molar-refractivity contribution >= 4 is 19.7 Å². The Labute approximate surface area is 81.9 Å². The number of aromatic nitrogens is 2. The van der Waals surface area contributed by atoms with Crippen LogP contribution in [0.5, 0.6) is 5.88 Å². The summed E-state index contributed by atoms with van der Waals surface area (Å²) in [7, 11) is -1.76. The van der Waals surface area contributed by atoms with Gasteiger partial charge in [0.15, 0.2) is 5.88 Å². The molecule has 0 radical (unpaired) electrons. The van der Waals surface area contributed by atoms with Crippen molar-refractivity contribution in [2.75, 3.05) is 0 Å². The molecule has 13 heavy (non-hydrogen) atoms. The summed E-state index contributed by atoms with van der Waals surface area (Å²) in [5.41, 5.74) is 0. The monoisotopic (exact) mass is 204 g/mol. The highest BCUT2D eigenvalue weighted by Gasteiger charge is 2.20. The van der Waals surface area contributed by atoms with Crippen LogP contribution in [0.3, 0.4) is 0 Å². The fourth-order valence-electron chi connectivity index (χ4n) is 1.43. The van der Waals surface area contributed by atoms with E-state index in [-0.39, 0.29) is 12.4 Å². The van der Waals surface area contributed by atoms with E-state index in [0.717, 1.165) is 25.2 Å². The van der Waals surface area contributed by atoms with Gasteiger partial charge in [0.1, 0.15) is 5.82 Å². The van der Waals surface area contributed by atoms with Crippen LogP contribution >= 0.6 is 12.4 Å². The second-order valence-corrected chi connectivity index (χ2v) is 2.71. The highest BCUT2D eigenvalue weighted by atomic mass is 35.5. The summed E-state index contributed by atoms with van der Waals surface area (Å²) in [5.74, 6) is 1.38. The van der Waals surface area contributed by atoms with Crippen LogP contribution in [0.1, 0.15) is 12.2 Å². The molecular formula is C6H10BClN2O3. The van der Waals surface area contributed by atoms with Crippen molar-refractivity contribution in [2.24, 2.45) is 0 Å². The predicted octanol–water partition coefficient (Wildman–Crippen LogP) is -0.401. The van der Waals surface area contributed by atoms with Gasteiger partial charge in [-0.1, -0.05) is 0 Å². The van der Waals surface area contributed by atoms with E-state index < -0.39 is 7.32 Å². The molecule has 72 valence electrons. The summed E-state index contributed by atoms with van der Waals surface area (Å²) in [6.07, 6.45) is 3.49. The van der Waals surface area contributed by atoms with E-state index in [2.05, 4.69) is 4.98 Å². The van der Waals surface area contributed by atoms with E-state index in [9.17, 15) is 0 Å². The van der Waals surface area contributed by atoms with Crippen molar-refractivity contribution in [1.29, 1.82) is 0 Å². The standard InChI is InChI=1S/C6H9BN2O3.ClH/c10-7(11)12-6-4-8-5-2-1-3-9(5)6;/h4,10-11H,1-3H2;1H. The number of hydrogen-bond acceptors (Lipinski definition) is 4. The molecule has 2 heterocycles. The van der Waals surface area contributed by atoms with E-state index >= 15 is 0 Å². The Morgan fingerprint density at radius 3 is 3.00 bits per heavy atom. The van der Waals surface area contributed by atoms with Crippen molar-refractivity contribution in [3.05, 3.63) is 12.0 Å². The predicted molar refractivity (Wildman–Crippen MR) is 48.6 cm³/mol. The quantitative estimate of drug-likeness (QED) is 0.643. The Morgan fingerprint density at radius 2 is 2.31 bits per heavy atom. The lowest BCUT2D eigenvalue weighted by Gasteiger charge is -2.05. The van der Waals surface area contributed by atoms with Crippen LogP contribution in [0.25, 0.3) is 0 Å². The molecule has 0 saturated heterocycles. The molecule has 1 aliphatic heterocycles. The first-order chi connectivity index (χ1) is 5.77. The summed E-state index contributed by atoms with van der Waals surface area (Å²) in [6, 6.07) is 0. The van der Waals surface area contributed by atoms with E-state index in [1.54, 1.807) is 0 Å². The minimum atomic E-state index is -1.76. The first-order valence-electron chi connectivity index (χ1n) is 3.84. The zero-order valence-electron chi connectivity index (χ0n) is 6.88. The van der Waals surface area contributed by atoms with Crippen molar-refractivity contribution in [3.63, 3.8) is 0 Å². The molecule has 0 fully saturated rings. The first-order valence-corrected chi connectivity index (χ1v) is 3.84. The van der Waals surface area contributed by atoms with Gasteiger partial charge in [-0.05, 0) is 6.42 Å². The molecule has 5 nitrogen and oxygen atoms in total. The summed E-state index contributed by atoms with van der Waals surface area (Å²) in [4.78, 5) is 4.07. The van der Waals surface area contributed by atoms with Gasteiger partial charge in [-0.25, -0.2) is 4.98 Å². The van der Waals surface area contributed by atoms with Crippen molar-refractivity contribution in [2.45, 2.75) is 19.4 Å². The van der Waals surface area contributed by atoms with Crippen LogP contribution in [0.4, 0.5) is 0 Å². The minimum Gasteiger partial charge on any atom is -0.498 e. The Morgan fingerprint density at radius 1 is 1.54 bits per heavy atom. The van der Waals surface area contributed by atoms with Gasteiger partial charge >= 0.3 is 7.32 Å². The number of rotatable bonds is 2. The molecule has 0 bridgehead atoms. The van der Waals surface area contributed by atoms with Crippen LogP contribution in [0.15, 0.2) is 6.20 Å². The number of nitrogens with zero attached hydrogens (tertiary/aromatic N) is 2. The number of halogens is 1. The maximum Gasteiger partial charge on any atom is 0.708 e. The Hall–Kier alpha value is -0.715. The molecule has 2 rings (SSSR count). The lowest BCUT2D eigenvalue weighted by Crippen LogP contribution is -2.22.